The van der Waals surface area contributed by atoms with Crippen molar-refractivity contribution in [2.75, 3.05) is 6.54 Å². The largest absolute Gasteiger partial charge is 0.314 e. The summed E-state index contributed by atoms with van der Waals surface area (Å²) >= 11 is 0. The van der Waals surface area contributed by atoms with Crippen LogP contribution in [0.1, 0.15) is 46.1 Å². The Bertz CT molecular complexity index is 304. The molecule has 1 aromatic rings. The lowest BCUT2D eigenvalue weighted by Crippen LogP contribution is -2.34. The first-order valence-corrected chi connectivity index (χ1v) is 6.92. The van der Waals surface area contributed by atoms with E-state index in [0.717, 1.165) is 25.9 Å². The molecule has 0 aliphatic rings. The number of nitrogens with one attached hydrogen (secondary N) is 1. The Kier molecular flexibility index (Phi) is 6.27. The molecule has 0 radical (unpaired) electrons. The maximum atomic E-state index is 4.37. The van der Waals surface area contributed by atoms with E-state index in [2.05, 4.69) is 44.3 Å². The van der Waals surface area contributed by atoms with E-state index < -0.39 is 0 Å². The van der Waals surface area contributed by atoms with Crippen LogP contribution in [0, 0.1) is 5.92 Å². The molecule has 0 bridgehead atoms. The molecule has 1 aromatic heterocycles. The van der Waals surface area contributed by atoms with Gasteiger partial charge in [0.05, 0.1) is 6.20 Å². The Hall–Kier alpha value is -0.830. The second-order valence-electron chi connectivity index (χ2n) is 5.06. The standard InChI is InChI=1S/C14H27N3/c1-5-9-17-11-13(10-16-17)7-8-14(12(3)4)15-6-2/h10-12,14-15H,5-9H2,1-4H3. The van der Waals surface area contributed by atoms with Crippen molar-refractivity contribution >= 4 is 0 Å². The van der Waals surface area contributed by atoms with Gasteiger partial charge in [-0.3, -0.25) is 4.68 Å². The highest BCUT2D eigenvalue weighted by Gasteiger charge is 2.12. The van der Waals surface area contributed by atoms with E-state index in [1.807, 2.05) is 10.9 Å². The Labute approximate surface area is 106 Å². The van der Waals surface area contributed by atoms with Crippen molar-refractivity contribution in [2.45, 2.75) is 59.5 Å². The molecule has 1 rings (SSSR count). The minimum atomic E-state index is 0.620. The summed E-state index contributed by atoms with van der Waals surface area (Å²) in [5.74, 6) is 0.695. The van der Waals surface area contributed by atoms with E-state index in [1.54, 1.807) is 0 Å². The van der Waals surface area contributed by atoms with Crippen LogP contribution in [-0.2, 0) is 13.0 Å². The number of aryl methyl sites for hydroxylation is 2. The first-order valence-electron chi connectivity index (χ1n) is 6.92. The fourth-order valence-electron chi connectivity index (χ4n) is 2.14. The zero-order valence-corrected chi connectivity index (χ0v) is 11.7. The molecule has 1 unspecified atom stereocenters. The molecule has 0 fully saturated rings. The highest BCUT2D eigenvalue weighted by atomic mass is 15.3. The fourth-order valence-corrected chi connectivity index (χ4v) is 2.14. The molecule has 3 heteroatoms. The third-order valence-corrected chi connectivity index (χ3v) is 3.15. The van der Waals surface area contributed by atoms with Gasteiger partial charge in [-0.15, -0.1) is 0 Å². The van der Waals surface area contributed by atoms with Crippen molar-refractivity contribution in [3.05, 3.63) is 18.0 Å². The summed E-state index contributed by atoms with van der Waals surface area (Å²) in [5, 5.41) is 7.93. The number of hydrogen-bond acceptors (Lipinski definition) is 2. The van der Waals surface area contributed by atoms with Crippen LogP contribution < -0.4 is 5.32 Å². The lowest BCUT2D eigenvalue weighted by atomic mass is 9.98. The van der Waals surface area contributed by atoms with Crippen molar-refractivity contribution in [3.63, 3.8) is 0 Å². The number of rotatable bonds is 8. The van der Waals surface area contributed by atoms with Gasteiger partial charge in [0.15, 0.2) is 0 Å². The molecule has 98 valence electrons. The van der Waals surface area contributed by atoms with Crippen LogP contribution in [0.4, 0.5) is 0 Å². The molecule has 0 aromatic carbocycles. The molecule has 0 saturated carbocycles. The second kappa shape index (κ2) is 7.49. The van der Waals surface area contributed by atoms with E-state index >= 15 is 0 Å². The number of nitrogens with zero attached hydrogens (tertiary/aromatic N) is 2. The molecule has 17 heavy (non-hydrogen) atoms. The van der Waals surface area contributed by atoms with Crippen molar-refractivity contribution in [1.29, 1.82) is 0 Å². The molecule has 0 aliphatic carbocycles. The van der Waals surface area contributed by atoms with Gasteiger partial charge in [0.2, 0.25) is 0 Å². The average molecular weight is 237 g/mol. The molecule has 0 spiro atoms. The molecular weight excluding hydrogens is 210 g/mol. The topological polar surface area (TPSA) is 29.9 Å². The summed E-state index contributed by atoms with van der Waals surface area (Å²) in [6.07, 6.45) is 7.67. The van der Waals surface area contributed by atoms with E-state index in [1.165, 1.54) is 12.0 Å². The first kappa shape index (κ1) is 14.2. The number of aromatic nitrogens is 2. The van der Waals surface area contributed by atoms with Crippen molar-refractivity contribution in [2.24, 2.45) is 5.92 Å². The van der Waals surface area contributed by atoms with Gasteiger partial charge in [0.25, 0.3) is 0 Å². The number of hydrogen-bond donors (Lipinski definition) is 1. The van der Waals surface area contributed by atoms with Crippen LogP contribution in [0.3, 0.4) is 0 Å². The van der Waals surface area contributed by atoms with E-state index in [0.29, 0.717) is 12.0 Å². The van der Waals surface area contributed by atoms with Crippen LogP contribution in [0.15, 0.2) is 12.4 Å². The fraction of sp³-hybridized carbons (Fsp3) is 0.786. The summed E-state index contributed by atoms with van der Waals surface area (Å²) in [5.41, 5.74) is 1.36. The lowest BCUT2D eigenvalue weighted by Gasteiger charge is -2.21. The SMILES string of the molecule is CCCn1cc(CCC(NCC)C(C)C)cn1. The van der Waals surface area contributed by atoms with E-state index in [-0.39, 0.29) is 0 Å². The van der Waals surface area contributed by atoms with Crippen molar-refractivity contribution in [1.82, 2.24) is 15.1 Å². The summed E-state index contributed by atoms with van der Waals surface area (Å²) in [7, 11) is 0. The van der Waals surface area contributed by atoms with Gasteiger partial charge in [0, 0.05) is 18.8 Å². The lowest BCUT2D eigenvalue weighted by molar-refractivity contribution is 0.385. The third kappa shape index (κ3) is 4.90. The molecule has 1 atom stereocenters. The van der Waals surface area contributed by atoms with Crippen LogP contribution in [-0.4, -0.2) is 22.4 Å². The molecule has 0 aliphatic heterocycles. The highest BCUT2D eigenvalue weighted by Crippen LogP contribution is 2.11. The Morgan fingerprint density at radius 2 is 2.12 bits per heavy atom. The molecule has 0 saturated heterocycles. The van der Waals surface area contributed by atoms with Crippen LogP contribution in [0.2, 0.25) is 0 Å². The van der Waals surface area contributed by atoms with E-state index in [4.69, 9.17) is 0 Å². The molecule has 0 amide bonds. The Balaban J connectivity index is 2.41. The van der Waals surface area contributed by atoms with Gasteiger partial charge >= 0.3 is 0 Å². The maximum absolute atomic E-state index is 4.37. The van der Waals surface area contributed by atoms with Gasteiger partial charge in [-0.05, 0) is 37.3 Å². The van der Waals surface area contributed by atoms with Crippen molar-refractivity contribution < 1.29 is 0 Å². The van der Waals surface area contributed by atoms with Gasteiger partial charge in [0.1, 0.15) is 0 Å². The summed E-state index contributed by atoms with van der Waals surface area (Å²) in [6, 6.07) is 0.620. The van der Waals surface area contributed by atoms with Crippen LogP contribution in [0.5, 0.6) is 0 Å². The average Bonchev–Trinajstić information content (AvgIpc) is 2.72. The zero-order valence-electron chi connectivity index (χ0n) is 11.7. The summed E-state index contributed by atoms with van der Waals surface area (Å²) in [4.78, 5) is 0. The molecule has 1 heterocycles. The Morgan fingerprint density at radius 1 is 1.35 bits per heavy atom. The molecular formula is C14H27N3. The van der Waals surface area contributed by atoms with Gasteiger partial charge < -0.3 is 5.32 Å². The van der Waals surface area contributed by atoms with Crippen molar-refractivity contribution in [3.8, 4) is 0 Å². The third-order valence-electron chi connectivity index (χ3n) is 3.15. The van der Waals surface area contributed by atoms with Crippen LogP contribution >= 0.6 is 0 Å². The maximum Gasteiger partial charge on any atom is 0.0521 e. The predicted molar refractivity (Wildman–Crippen MR) is 73.1 cm³/mol. The summed E-state index contributed by atoms with van der Waals surface area (Å²) in [6.45, 7) is 11.0. The van der Waals surface area contributed by atoms with E-state index in [9.17, 15) is 0 Å². The summed E-state index contributed by atoms with van der Waals surface area (Å²) < 4.78 is 2.05. The zero-order chi connectivity index (χ0) is 12.7. The monoisotopic (exact) mass is 237 g/mol. The molecule has 1 N–H and O–H groups in total. The first-order chi connectivity index (χ1) is 8.17. The molecule has 3 nitrogen and oxygen atoms in total. The van der Waals surface area contributed by atoms with Crippen LogP contribution in [0.25, 0.3) is 0 Å². The normalized spacial score (nSPS) is 13.2. The predicted octanol–water partition coefficient (Wildman–Crippen LogP) is 2.86. The second-order valence-corrected chi connectivity index (χ2v) is 5.06. The Morgan fingerprint density at radius 3 is 2.71 bits per heavy atom. The smallest absolute Gasteiger partial charge is 0.0521 e. The van der Waals surface area contributed by atoms with Gasteiger partial charge in [-0.1, -0.05) is 27.7 Å². The quantitative estimate of drug-likeness (QED) is 0.753. The minimum Gasteiger partial charge on any atom is -0.314 e. The minimum absolute atomic E-state index is 0.620. The van der Waals surface area contributed by atoms with Gasteiger partial charge in [-0.2, -0.15) is 5.10 Å². The highest BCUT2D eigenvalue weighted by molar-refractivity contribution is 5.04. The van der Waals surface area contributed by atoms with Gasteiger partial charge in [-0.25, -0.2) is 0 Å².